The van der Waals surface area contributed by atoms with Crippen molar-refractivity contribution in [3.8, 4) is 6.07 Å². The number of H-pyrrole nitrogens is 1. The normalized spacial score (nSPS) is 13.9. The van der Waals surface area contributed by atoms with Crippen molar-refractivity contribution in [1.82, 2.24) is 14.9 Å². The molecular formula is C18H17N5OS2. The number of benzene rings is 1. The molecule has 132 valence electrons. The molecule has 0 saturated carbocycles. The molecule has 0 bridgehead atoms. The number of carbonyl (C=O) groups is 1. The van der Waals surface area contributed by atoms with E-state index in [1.54, 1.807) is 6.20 Å². The van der Waals surface area contributed by atoms with E-state index in [1.165, 1.54) is 23.3 Å². The Kier molecular flexibility index (Phi) is 4.57. The number of hydrogen-bond donors (Lipinski definition) is 2. The minimum absolute atomic E-state index is 0.0198. The van der Waals surface area contributed by atoms with Gasteiger partial charge in [0.25, 0.3) is 5.91 Å². The zero-order valence-corrected chi connectivity index (χ0v) is 15.8. The van der Waals surface area contributed by atoms with Gasteiger partial charge in [-0.1, -0.05) is 6.07 Å². The smallest absolute Gasteiger partial charge is 0.273 e. The number of nitriles is 1. The van der Waals surface area contributed by atoms with Gasteiger partial charge in [0.15, 0.2) is 4.34 Å². The van der Waals surface area contributed by atoms with Crippen LogP contribution in [0.3, 0.4) is 0 Å². The molecule has 1 aliphatic rings. The van der Waals surface area contributed by atoms with Crippen molar-refractivity contribution in [1.29, 1.82) is 5.26 Å². The van der Waals surface area contributed by atoms with Crippen molar-refractivity contribution >= 4 is 45.8 Å². The third-order valence-corrected chi connectivity index (χ3v) is 6.27. The van der Waals surface area contributed by atoms with Crippen LogP contribution in [-0.4, -0.2) is 33.9 Å². The minimum atomic E-state index is 0.0198. The van der Waals surface area contributed by atoms with Crippen LogP contribution in [0.4, 0.5) is 5.69 Å². The Labute approximate surface area is 159 Å². The fourth-order valence-corrected chi connectivity index (χ4v) is 4.67. The number of nitrogens with zero attached hydrogens (tertiary/aromatic N) is 3. The number of aromatic nitrogens is 2. The summed E-state index contributed by atoms with van der Waals surface area (Å²) in [7, 11) is 0. The van der Waals surface area contributed by atoms with Crippen LogP contribution in [0.2, 0.25) is 0 Å². The molecule has 26 heavy (non-hydrogen) atoms. The van der Waals surface area contributed by atoms with Crippen LogP contribution in [0.15, 0.2) is 28.0 Å². The van der Waals surface area contributed by atoms with E-state index < -0.39 is 0 Å². The Bertz CT molecular complexity index is 1010. The van der Waals surface area contributed by atoms with Crippen LogP contribution in [0, 0.1) is 18.3 Å². The highest BCUT2D eigenvalue weighted by atomic mass is 32.2. The van der Waals surface area contributed by atoms with Gasteiger partial charge in [-0.15, -0.1) is 11.3 Å². The Morgan fingerprint density at radius 1 is 1.42 bits per heavy atom. The molecule has 2 N–H and O–H groups in total. The van der Waals surface area contributed by atoms with Gasteiger partial charge in [-0.25, -0.2) is 4.98 Å². The number of rotatable bonds is 4. The van der Waals surface area contributed by atoms with Gasteiger partial charge in [0, 0.05) is 42.0 Å². The Balaban J connectivity index is 1.51. The van der Waals surface area contributed by atoms with E-state index in [0.717, 1.165) is 52.4 Å². The predicted molar refractivity (Wildman–Crippen MR) is 104 cm³/mol. The second-order valence-electron chi connectivity index (χ2n) is 6.20. The van der Waals surface area contributed by atoms with Crippen molar-refractivity contribution in [2.24, 2.45) is 0 Å². The molecule has 0 spiro atoms. The summed E-state index contributed by atoms with van der Waals surface area (Å²) in [4.78, 5) is 21.9. The summed E-state index contributed by atoms with van der Waals surface area (Å²) in [5, 5.41) is 12.0. The van der Waals surface area contributed by atoms with Gasteiger partial charge in [-0.3, -0.25) is 4.79 Å². The summed E-state index contributed by atoms with van der Waals surface area (Å²) in [5.41, 5.74) is 4.00. The molecule has 0 unspecified atom stereocenters. The van der Waals surface area contributed by atoms with Gasteiger partial charge in [-0.2, -0.15) is 5.26 Å². The second kappa shape index (κ2) is 7.02. The topological polar surface area (TPSA) is 84.8 Å². The summed E-state index contributed by atoms with van der Waals surface area (Å²) >= 11 is 2.83. The number of thiazole rings is 1. The molecule has 1 saturated heterocycles. The number of hydrogen-bond acceptors (Lipinski definition) is 6. The van der Waals surface area contributed by atoms with Gasteiger partial charge in [0.1, 0.15) is 11.8 Å². The molecular weight excluding hydrogens is 366 g/mol. The van der Waals surface area contributed by atoms with E-state index in [1.807, 2.05) is 29.3 Å². The molecule has 0 radical (unpaired) electrons. The van der Waals surface area contributed by atoms with Crippen molar-refractivity contribution in [2.75, 3.05) is 17.8 Å². The fourth-order valence-electron chi connectivity index (χ4n) is 3.18. The molecule has 1 fully saturated rings. The van der Waals surface area contributed by atoms with Gasteiger partial charge in [0.05, 0.1) is 16.8 Å². The number of amides is 1. The first-order valence-corrected chi connectivity index (χ1v) is 10.1. The van der Waals surface area contributed by atoms with Crippen LogP contribution in [0.1, 0.15) is 34.5 Å². The number of aryl methyl sites for hydroxylation is 1. The highest BCUT2D eigenvalue weighted by Crippen LogP contribution is 2.32. The van der Waals surface area contributed by atoms with E-state index in [4.69, 9.17) is 0 Å². The predicted octanol–water partition coefficient (Wildman–Crippen LogP) is 4.16. The zero-order chi connectivity index (χ0) is 18.1. The molecule has 4 rings (SSSR count). The average molecular weight is 384 g/mol. The molecule has 2 aromatic heterocycles. The lowest BCUT2D eigenvalue weighted by Crippen LogP contribution is -2.27. The van der Waals surface area contributed by atoms with Crippen LogP contribution in [0.25, 0.3) is 10.9 Å². The molecule has 1 amide bonds. The highest BCUT2D eigenvalue weighted by Gasteiger charge is 2.22. The molecule has 6 nitrogen and oxygen atoms in total. The van der Waals surface area contributed by atoms with Crippen molar-refractivity contribution in [2.45, 2.75) is 24.1 Å². The molecule has 8 heteroatoms. The van der Waals surface area contributed by atoms with Crippen molar-refractivity contribution < 1.29 is 4.79 Å². The summed E-state index contributed by atoms with van der Waals surface area (Å²) in [6, 6.07) is 6.18. The van der Waals surface area contributed by atoms with E-state index in [-0.39, 0.29) is 5.91 Å². The Morgan fingerprint density at radius 2 is 2.23 bits per heavy atom. The maximum absolute atomic E-state index is 12.4. The molecule has 1 aliphatic heterocycles. The van der Waals surface area contributed by atoms with Crippen LogP contribution < -0.4 is 4.72 Å². The number of anilines is 1. The maximum Gasteiger partial charge on any atom is 0.273 e. The standard InChI is InChI=1S/C18H17N5OS2/c1-11-4-5-13(16-15(11)12(8-19)9-20-16)22-26-18-21-14(10-25-18)17(24)23-6-2-3-7-23/h4-5,9-10,20,22H,2-3,6-7H2,1H3. The summed E-state index contributed by atoms with van der Waals surface area (Å²) in [6.45, 7) is 3.64. The lowest BCUT2D eigenvalue weighted by molar-refractivity contribution is 0.0787. The van der Waals surface area contributed by atoms with Gasteiger partial charge in [0.2, 0.25) is 0 Å². The van der Waals surface area contributed by atoms with Gasteiger partial charge >= 0.3 is 0 Å². The summed E-state index contributed by atoms with van der Waals surface area (Å²) < 4.78 is 4.07. The molecule has 0 atom stereocenters. The zero-order valence-electron chi connectivity index (χ0n) is 14.2. The number of carbonyl (C=O) groups excluding carboxylic acids is 1. The second-order valence-corrected chi connectivity index (χ2v) is 8.11. The molecule has 1 aromatic carbocycles. The van der Waals surface area contributed by atoms with Crippen LogP contribution in [0.5, 0.6) is 0 Å². The van der Waals surface area contributed by atoms with E-state index in [2.05, 4.69) is 20.8 Å². The van der Waals surface area contributed by atoms with E-state index >= 15 is 0 Å². The summed E-state index contributed by atoms with van der Waals surface area (Å²) in [5.74, 6) is 0.0198. The molecule has 3 heterocycles. The van der Waals surface area contributed by atoms with Gasteiger partial charge < -0.3 is 14.6 Å². The van der Waals surface area contributed by atoms with Crippen molar-refractivity contribution in [3.05, 3.63) is 40.5 Å². The van der Waals surface area contributed by atoms with E-state index in [9.17, 15) is 10.1 Å². The number of aromatic amines is 1. The van der Waals surface area contributed by atoms with Crippen molar-refractivity contribution in [3.63, 3.8) is 0 Å². The lowest BCUT2D eigenvalue weighted by Gasteiger charge is -2.12. The quantitative estimate of drug-likeness (QED) is 0.661. The van der Waals surface area contributed by atoms with Crippen LogP contribution in [-0.2, 0) is 0 Å². The largest absolute Gasteiger partial charge is 0.358 e. The maximum atomic E-state index is 12.4. The first-order chi connectivity index (χ1) is 12.7. The first kappa shape index (κ1) is 16.9. The monoisotopic (exact) mass is 383 g/mol. The highest BCUT2D eigenvalue weighted by molar-refractivity contribution is 8.02. The number of likely N-dealkylation sites (tertiary alicyclic amines) is 1. The average Bonchev–Trinajstić information content (AvgIpc) is 3.40. The number of nitrogens with one attached hydrogen (secondary N) is 2. The third-order valence-electron chi connectivity index (χ3n) is 4.51. The Hall–Kier alpha value is -2.50. The lowest BCUT2D eigenvalue weighted by atomic mass is 10.1. The van der Waals surface area contributed by atoms with Crippen LogP contribution >= 0.6 is 23.3 Å². The van der Waals surface area contributed by atoms with E-state index in [0.29, 0.717) is 11.3 Å². The summed E-state index contributed by atoms with van der Waals surface area (Å²) in [6.07, 6.45) is 3.87. The fraction of sp³-hybridized carbons (Fsp3) is 0.278. The SMILES string of the molecule is Cc1ccc(NSc2nc(C(=O)N3CCCC3)cs2)c2[nH]cc(C#N)c12. The van der Waals surface area contributed by atoms with Gasteiger partial charge in [-0.05, 0) is 31.4 Å². The Morgan fingerprint density at radius 3 is 3.00 bits per heavy atom. The third kappa shape index (κ3) is 3.04. The first-order valence-electron chi connectivity index (χ1n) is 8.36. The number of fused-ring (bicyclic) bond motifs is 1. The minimum Gasteiger partial charge on any atom is -0.358 e. The molecule has 0 aliphatic carbocycles. The molecule has 3 aromatic rings.